The first-order chi connectivity index (χ1) is 19.0. The molecule has 0 aromatic rings. The van der Waals surface area contributed by atoms with Gasteiger partial charge in [-0.1, -0.05) is 168 Å². The predicted octanol–water partition coefficient (Wildman–Crippen LogP) is 9.79. The number of unbranched alkanes of at least 4 members (excludes halogenated alkanes) is 24. The Hall–Kier alpha value is -1.39. The van der Waals surface area contributed by atoms with Crippen molar-refractivity contribution in [2.24, 2.45) is 5.73 Å². The maximum atomic E-state index is 12.7. The summed E-state index contributed by atoms with van der Waals surface area (Å²) in [4.78, 5) is 37.9. The number of nitrogens with zero attached hydrogens (tertiary/aromatic N) is 1. The van der Waals surface area contributed by atoms with Gasteiger partial charge in [-0.05, 0) is 12.8 Å². The lowest BCUT2D eigenvalue weighted by Crippen LogP contribution is -2.42. The number of hydrogen-bond acceptors (Lipinski definition) is 3. The molecule has 5 nitrogen and oxygen atoms in total. The third-order valence-electron chi connectivity index (χ3n) is 7.90. The summed E-state index contributed by atoms with van der Waals surface area (Å²) < 4.78 is 0. The van der Waals surface area contributed by atoms with Crippen molar-refractivity contribution in [3.63, 3.8) is 0 Å². The van der Waals surface area contributed by atoms with Crippen molar-refractivity contribution in [2.45, 2.75) is 194 Å². The molecule has 0 spiro atoms. The van der Waals surface area contributed by atoms with Crippen molar-refractivity contribution in [3.8, 4) is 0 Å². The van der Waals surface area contributed by atoms with Crippen molar-refractivity contribution >= 4 is 17.7 Å². The Morgan fingerprint density at radius 3 is 0.872 bits per heavy atom. The smallest absolute Gasteiger partial charge is 0.237 e. The molecule has 0 heterocycles. The van der Waals surface area contributed by atoms with Gasteiger partial charge in [-0.3, -0.25) is 19.3 Å². The van der Waals surface area contributed by atoms with Crippen molar-refractivity contribution in [1.82, 2.24) is 4.90 Å². The first kappa shape index (κ1) is 37.6. The van der Waals surface area contributed by atoms with E-state index in [4.69, 9.17) is 5.73 Å². The van der Waals surface area contributed by atoms with Crippen LogP contribution < -0.4 is 5.73 Å². The monoisotopic (exact) mass is 551 g/mol. The maximum absolute atomic E-state index is 12.7. The lowest BCUT2D eigenvalue weighted by Gasteiger charge is -2.19. The number of primary amides is 1. The Balaban J connectivity index is 3.82. The molecular formula is C34H66N2O3. The van der Waals surface area contributed by atoms with Crippen molar-refractivity contribution in [2.75, 3.05) is 6.54 Å². The van der Waals surface area contributed by atoms with E-state index in [1.54, 1.807) is 0 Å². The number of amides is 3. The fraction of sp³-hybridized carbons (Fsp3) is 0.912. The molecule has 0 aliphatic rings. The van der Waals surface area contributed by atoms with E-state index < -0.39 is 5.91 Å². The number of nitrogens with two attached hydrogens (primary N) is 1. The molecule has 0 aliphatic heterocycles. The van der Waals surface area contributed by atoms with Gasteiger partial charge in [-0.25, -0.2) is 0 Å². The lowest BCUT2D eigenvalue weighted by atomic mass is 10.0. The summed E-state index contributed by atoms with van der Waals surface area (Å²) >= 11 is 0. The quantitative estimate of drug-likeness (QED) is 0.0904. The molecule has 0 saturated carbocycles. The van der Waals surface area contributed by atoms with E-state index in [9.17, 15) is 14.4 Å². The number of rotatable bonds is 30. The van der Waals surface area contributed by atoms with E-state index in [0.29, 0.717) is 12.8 Å². The summed E-state index contributed by atoms with van der Waals surface area (Å²) in [5, 5.41) is 0. The topological polar surface area (TPSA) is 80.5 Å². The highest BCUT2D eigenvalue weighted by atomic mass is 16.2. The molecule has 0 atom stereocenters. The van der Waals surface area contributed by atoms with Crippen molar-refractivity contribution < 1.29 is 14.4 Å². The first-order valence-corrected chi connectivity index (χ1v) is 17.1. The molecule has 0 saturated heterocycles. The zero-order chi connectivity index (χ0) is 28.8. The average Bonchev–Trinajstić information content (AvgIpc) is 2.92. The summed E-state index contributed by atoms with van der Waals surface area (Å²) in [6, 6.07) is 0. The minimum Gasteiger partial charge on any atom is -0.368 e. The molecule has 0 rings (SSSR count). The van der Waals surface area contributed by atoms with Crippen LogP contribution in [0.5, 0.6) is 0 Å². The van der Waals surface area contributed by atoms with E-state index in [0.717, 1.165) is 43.4 Å². The standard InChI is InChI=1S/C34H66N2O3/c1-3-5-7-9-11-13-15-17-19-21-23-25-27-29-33(38)36(31-32(35)37)34(39)30-28-26-24-22-20-18-16-14-12-10-8-6-4-2/h3-31H2,1-2H3,(H2,35,37). The number of imide groups is 1. The Kier molecular flexibility index (Phi) is 28.5. The highest BCUT2D eigenvalue weighted by Gasteiger charge is 2.22. The van der Waals surface area contributed by atoms with Crippen LogP contribution in [-0.2, 0) is 14.4 Å². The third-order valence-corrected chi connectivity index (χ3v) is 7.90. The molecule has 0 unspecified atom stereocenters. The van der Waals surface area contributed by atoms with Crippen LogP contribution in [0.2, 0.25) is 0 Å². The highest BCUT2D eigenvalue weighted by molar-refractivity contribution is 5.98. The maximum Gasteiger partial charge on any atom is 0.237 e. The summed E-state index contributed by atoms with van der Waals surface area (Å²) in [5.41, 5.74) is 5.33. The fourth-order valence-electron chi connectivity index (χ4n) is 5.33. The van der Waals surface area contributed by atoms with E-state index >= 15 is 0 Å². The van der Waals surface area contributed by atoms with Gasteiger partial charge < -0.3 is 5.73 Å². The summed E-state index contributed by atoms with van der Waals surface area (Å²) in [5.74, 6) is -1.10. The second-order valence-electron chi connectivity index (χ2n) is 11.8. The second kappa shape index (κ2) is 29.6. The van der Waals surface area contributed by atoms with Gasteiger partial charge in [-0.2, -0.15) is 0 Å². The number of carbonyl (C=O) groups excluding carboxylic acids is 3. The van der Waals surface area contributed by atoms with Gasteiger partial charge in [0.1, 0.15) is 6.54 Å². The fourth-order valence-corrected chi connectivity index (χ4v) is 5.33. The Labute approximate surface area is 242 Å². The Morgan fingerprint density at radius 2 is 0.641 bits per heavy atom. The van der Waals surface area contributed by atoms with Crippen LogP contribution in [0.3, 0.4) is 0 Å². The van der Waals surface area contributed by atoms with Crippen LogP contribution in [0.15, 0.2) is 0 Å². The lowest BCUT2D eigenvalue weighted by molar-refractivity contribution is -0.147. The molecular weight excluding hydrogens is 484 g/mol. The van der Waals surface area contributed by atoms with Crippen LogP contribution in [0.25, 0.3) is 0 Å². The SMILES string of the molecule is CCCCCCCCCCCCCCCC(=O)N(CC(N)=O)C(=O)CCCCCCCCCCCCCCC. The van der Waals surface area contributed by atoms with Crippen molar-refractivity contribution in [3.05, 3.63) is 0 Å². The summed E-state index contributed by atoms with van der Waals surface area (Å²) in [6.07, 6.45) is 33.1. The average molecular weight is 551 g/mol. The van der Waals surface area contributed by atoms with Crippen LogP contribution in [0, 0.1) is 0 Å². The molecule has 39 heavy (non-hydrogen) atoms. The zero-order valence-corrected chi connectivity index (χ0v) is 26.3. The number of carbonyl (C=O) groups is 3. The molecule has 3 amide bonds. The Morgan fingerprint density at radius 1 is 0.410 bits per heavy atom. The van der Waals surface area contributed by atoms with E-state index in [-0.39, 0.29) is 18.4 Å². The number of hydrogen-bond donors (Lipinski definition) is 1. The normalized spacial score (nSPS) is 11.1. The van der Waals surface area contributed by atoms with E-state index in [2.05, 4.69) is 13.8 Å². The molecule has 0 radical (unpaired) electrons. The molecule has 0 aromatic carbocycles. The van der Waals surface area contributed by atoms with Gasteiger partial charge in [0.2, 0.25) is 17.7 Å². The highest BCUT2D eigenvalue weighted by Crippen LogP contribution is 2.15. The second-order valence-corrected chi connectivity index (χ2v) is 11.8. The summed E-state index contributed by atoms with van der Waals surface area (Å²) in [6.45, 7) is 4.23. The molecule has 0 aliphatic carbocycles. The van der Waals surface area contributed by atoms with Gasteiger partial charge in [-0.15, -0.1) is 0 Å². The van der Waals surface area contributed by atoms with Crippen LogP contribution in [0.4, 0.5) is 0 Å². The first-order valence-electron chi connectivity index (χ1n) is 17.1. The van der Waals surface area contributed by atoms with Crippen molar-refractivity contribution in [1.29, 1.82) is 0 Å². The Bertz CT molecular complexity index is 537. The van der Waals surface area contributed by atoms with Gasteiger partial charge in [0.05, 0.1) is 0 Å². The van der Waals surface area contributed by atoms with E-state index in [1.807, 2.05) is 0 Å². The van der Waals surface area contributed by atoms with Gasteiger partial charge in [0.25, 0.3) is 0 Å². The predicted molar refractivity (Wildman–Crippen MR) is 167 cm³/mol. The minimum atomic E-state index is -0.618. The van der Waals surface area contributed by atoms with Gasteiger partial charge in [0.15, 0.2) is 0 Å². The molecule has 0 fully saturated rings. The zero-order valence-electron chi connectivity index (χ0n) is 26.3. The van der Waals surface area contributed by atoms with Crippen LogP contribution in [0.1, 0.15) is 194 Å². The molecule has 5 heteroatoms. The van der Waals surface area contributed by atoms with Crippen LogP contribution >= 0.6 is 0 Å². The van der Waals surface area contributed by atoms with Crippen LogP contribution in [-0.4, -0.2) is 29.2 Å². The van der Waals surface area contributed by atoms with Gasteiger partial charge >= 0.3 is 0 Å². The third kappa shape index (κ3) is 26.6. The van der Waals surface area contributed by atoms with Gasteiger partial charge in [0, 0.05) is 12.8 Å². The molecule has 2 N–H and O–H groups in total. The largest absolute Gasteiger partial charge is 0.368 e. The van der Waals surface area contributed by atoms with E-state index in [1.165, 1.54) is 128 Å². The summed E-state index contributed by atoms with van der Waals surface area (Å²) in [7, 11) is 0. The molecule has 0 bridgehead atoms. The minimum absolute atomic E-state index is 0.239. The molecule has 230 valence electrons. The molecule has 0 aromatic heterocycles.